The third-order valence-corrected chi connectivity index (χ3v) is 2.56. The second-order valence-electron chi connectivity index (χ2n) is 3.44. The van der Waals surface area contributed by atoms with Crippen molar-refractivity contribution in [3.8, 4) is 0 Å². The van der Waals surface area contributed by atoms with Gasteiger partial charge in [0.2, 0.25) is 5.91 Å². The molecule has 1 aliphatic carbocycles. The molecular formula is C9H12BrF2NO. The summed E-state index contributed by atoms with van der Waals surface area (Å²) in [6.07, 6.45) is 0.508. The molecule has 1 fully saturated rings. The third kappa shape index (κ3) is 2.77. The lowest BCUT2D eigenvalue weighted by molar-refractivity contribution is -0.135. The molecule has 0 heterocycles. The number of hydrogen-bond donors (Lipinski definition) is 1. The molecule has 1 atom stereocenters. The van der Waals surface area contributed by atoms with Crippen molar-refractivity contribution in [3.63, 3.8) is 0 Å². The van der Waals surface area contributed by atoms with Gasteiger partial charge in [-0.25, -0.2) is 8.78 Å². The van der Waals surface area contributed by atoms with Gasteiger partial charge in [-0.1, -0.05) is 22.5 Å². The van der Waals surface area contributed by atoms with Crippen LogP contribution in [0.5, 0.6) is 0 Å². The predicted octanol–water partition coefficient (Wildman–Crippen LogP) is 2.45. The lowest BCUT2D eigenvalue weighted by Gasteiger charge is -2.17. The van der Waals surface area contributed by atoms with Gasteiger partial charge in [0.15, 0.2) is 0 Å². The highest BCUT2D eigenvalue weighted by molar-refractivity contribution is 9.11. The fourth-order valence-electron chi connectivity index (χ4n) is 1.56. The van der Waals surface area contributed by atoms with E-state index in [1.807, 2.05) is 0 Å². The summed E-state index contributed by atoms with van der Waals surface area (Å²) in [6.45, 7) is 3.70. The number of halogens is 3. The first-order chi connectivity index (χ1) is 6.43. The number of rotatable bonds is 3. The average molecular weight is 268 g/mol. The molecule has 0 aliphatic heterocycles. The van der Waals surface area contributed by atoms with Gasteiger partial charge >= 0.3 is 0 Å². The third-order valence-electron chi connectivity index (χ3n) is 2.28. The molecule has 0 radical (unpaired) electrons. The zero-order valence-electron chi connectivity index (χ0n) is 7.66. The van der Waals surface area contributed by atoms with E-state index in [2.05, 4.69) is 27.8 Å². The molecule has 0 aromatic heterocycles. The summed E-state index contributed by atoms with van der Waals surface area (Å²) in [4.78, 5) is 11.3. The van der Waals surface area contributed by atoms with Gasteiger partial charge in [-0.3, -0.25) is 4.79 Å². The normalized spacial score (nSPS) is 24.6. The first-order valence-corrected chi connectivity index (χ1v) is 5.21. The first-order valence-electron chi connectivity index (χ1n) is 4.42. The minimum Gasteiger partial charge on any atom is -0.351 e. The Labute approximate surface area is 89.9 Å². The number of hydrogen-bond acceptors (Lipinski definition) is 1. The number of amides is 1. The molecule has 1 saturated carbocycles. The second-order valence-corrected chi connectivity index (χ2v) is 4.56. The fourth-order valence-corrected chi connectivity index (χ4v) is 1.70. The fraction of sp³-hybridized carbons (Fsp3) is 0.667. The van der Waals surface area contributed by atoms with E-state index in [9.17, 15) is 13.6 Å². The van der Waals surface area contributed by atoms with E-state index in [0.29, 0.717) is 10.9 Å². The van der Waals surface area contributed by atoms with Gasteiger partial charge in [0.05, 0.1) is 0 Å². The summed E-state index contributed by atoms with van der Waals surface area (Å²) in [5.74, 6) is -4.57. The van der Waals surface area contributed by atoms with Crippen molar-refractivity contribution in [3.05, 3.63) is 11.1 Å². The second kappa shape index (κ2) is 4.38. The smallest absolute Gasteiger partial charge is 0.259 e. The van der Waals surface area contributed by atoms with Gasteiger partial charge in [-0.2, -0.15) is 0 Å². The summed E-state index contributed by atoms with van der Waals surface area (Å²) in [5, 5.41) is 2.41. The van der Waals surface area contributed by atoms with Crippen LogP contribution < -0.4 is 5.32 Å². The molecule has 0 bridgehead atoms. The summed E-state index contributed by atoms with van der Waals surface area (Å²) >= 11 is 3.04. The highest BCUT2D eigenvalue weighted by Gasteiger charge is 2.47. The Morgan fingerprint density at radius 2 is 2.29 bits per heavy atom. The number of alkyl halides is 2. The zero-order valence-corrected chi connectivity index (χ0v) is 9.24. The highest BCUT2D eigenvalue weighted by Crippen LogP contribution is 2.40. The van der Waals surface area contributed by atoms with E-state index in [1.165, 1.54) is 0 Å². The molecular weight excluding hydrogens is 256 g/mol. The summed E-state index contributed by atoms with van der Waals surface area (Å²) in [7, 11) is 0. The van der Waals surface area contributed by atoms with E-state index in [4.69, 9.17) is 0 Å². The van der Waals surface area contributed by atoms with Crippen molar-refractivity contribution in [2.75, 3.05) is 6.54 Å². The monoisotopic (exact) mass is 267 g/mol. The molecule has 0 saturated heterocycles. The van der Waals surface area contributed by atoms with Crippen LogP contribution in [0.2, 0.25) is 0 Å². The molecule has 1 N–H and O–H groups in total. The first kappa shape index (κ1) is 11.6. The van der Waals surface area contributed by atoms with Crippen LogP contribution in [0.25, 0.3) is 0 Å². The van der Waals surface area contributed by atoms with E-state index in [-0.39, 0.29) is 19.4 Å². The zero-order chi connectivity index (χ0) is 10.8. The molecule has 2 nitrogen and oxygen atoms in total. The Kier molecular flexibility index (Phi) is 3.64. The standard InChI is InChI=1S/C9H12BrF2NO/c1-6(10)5-13-8(14)7-3-2-4-9(7,11)12/h7H,1-5H2,(H,13,14). The number of nitrogens with one attached hydrogen (secondary N) is 1. The van der Waals surface area contributed by atoms with E-state index < -0.39 is 17.7 Å². The highest BCUT2D eigenvalue weighted by atomic mass is 79.9. The van der Waals surface area contributed by atoms with Gasteiger partial charge in [0.1, 0.15) is 5.92 Å². The maximum absolute atomic E-state index is 13.1. The van der Waals surface area contributed by atoms with Crippen LogP contribution in [0.3, 0.4) is 0 Å². The van der Waals surface area contributed by atoms with E-state index in [0.717, 1.165) is 0 Å². The molecule has 0 spiro atoms. The van der Waals surface area contributed by atoms with Crippen LogP contribution in [-0.4, -0.2) is 18.4 Å². The van der Waals surface area contributed by atoms with E-state index in [1.54, 1.807) is 0 Å². The molecule has 1 amide bonds. The lowest BCUT2D eigenvalue weighted by Crippen LogP contribution is -2.38. The average Bonchev–Trinajstić information content (AvgIpc) is 2.41. The Bertz CT molecular complexity index is 255. The maximum Gasteiger partial charge on any atom is 0.259 e. The van der Waals surface area contributed by atoms with E-state index >= 15 is 0 Å². The number of carbonyl (C=O) groups is 1. The molecule has 1 unspecified atom stereocenters. The van der Waals surface area contributed by atoms with Crippen LogP contribution in [0, 0.1) is 5.92 Å². The largest absolute Gasteiger partial charge is 0.351 e. The van der Waals surface area contributed by atoms with Crippen LogP contribution >= 0.6 is 15.9 Å². The Morgan fingerprint density at radius 3 is 2.71 bits per heavy atom. The van der Waals surface area contributed by atoms with Crippen molar-refractivity contribution < 1.29 is 13.6 Å². The Balaban J connectivity index is 2.48. The molecule has 14 heavy (non-hydrogen) atoms. The van der Waals surface area contributed by atoms with Gasteiger partial charge in [0.25, 0.3) is 5.92 Å². The quantitative estimate of drug-likeness (QED) is 0.836. The molecule has 1 aliphatic rings. The van der Waals surface area contributed by atoms with Crippen molar-refractivity contribution in [2.45, 2.75) is 25.2 Å². The van der Waals surface area contributed by atoms with Gasteiger partial charge in [-0.15, -0.1) is 0 Å². The molecule has 0 aromatic carbocycles. The van der Waals surface area contributed by atoms with Gasteiger partial charge in [-0.05, 0) is 12.8 Å². The van der Waals surface area contributed by atoms with Gasteiger partial charge < -0.3 is 5.32 Å². The molecule has 5 heteroatoms. The van der Waals surface area contributed by atoms with Crippen molar-refractivity contribution >= 4 is 21.8 Å². The predicted molar refractivity (Wildman–Crippen MR) is 53.4 cm³/mol. The molecule has 0 aromatic rings. The minimum absolute atomic E-state index is 0.180. The van der Waals surface area contributed by atoms with Crippen LogP contribution in [0.1, 0.15) is 19.3 Å². The molecule has 1 rings (SSSR count). The molecule has 80 valence electrons. The SMILES string of the molecule is C=C(Br)CNC(=O)C1CCCC1(F)F. The van der Waals surface area contributed by atoms with Crippen LogP contribution in [0.15, 0.2) is 11.1 Å². The topological polar surface area (TPSA) is 29.1 Å². The van der Waals surface area contributed by atoms with Gasteiger partial charge in [0, 0.05) is 17.4 Å². The number of carbonyl (C=O) groups excluding carboxylic acids is 1. The Morgan fingerprint density at radius 1 is 1.64 bits per heavy atom. The van der Waals surface area contributed by atoms with Crippen LogP contribution in [0.4, 0.5) is 8.78 Å². The maximum atomic E-state index is 13.1. The Hall–Kier alpha value is -0.450. The minimum atomic E-state index is -2.84. The van der Waals surface area contributed by atoms with Crippen molar-refractivity contribution in [2.24, 2.45) is 5.92 Å². The summed E-state index contributed by atoms with van der Waals surface area (Å²) in [6, 6.07) is 0. The van der Waals surface area contributed by atoms with Crippen LogP contribution in [-0.2, 0) is 4.79 Å². The summed E-state index contributed by atoms with van der Waals surface area (Å²) in [5.41, 5.74) is 0. The van der Waals surface area contributed by atoms with Crippen molar-refractivity contribution in [1.29, 1.82) is 0 Å². The summed E-state index contributed by atoms with van der Waals surface area (Å²) < 4.78 is 26.8. The lowest BCUT2D eigenvalue weighted by atomic mass is 10.0. The van der Waals surface area contributed by atoms with Crippen molar-refractivity contribution in [1.82, 2.24) is 5.32 Å².